The van der Waals surface area contributed by atoms with Crippen molar-refractivity contribution in [1.82, 2.24) is 9.66 Å². The molecule has 1 aromatic heterocycles. The number of hydrogen-bond acceptors (Lipinski definition) is 6. The Bertz CT molecular complexity index is 1470. The number of halogens is 2. The van der Waals surface area contributed by atoms with E-state index in [4.69, 9.17) is 4.74 Å². The first-order valence-electron chi connectivity index (χ1n) is 9.71. The van der Waals surface area contributed by atoms with Crippen molar-refractivity contribution < 1.29 is 14.1 Å². The number of nitrogens with zero attached hydrogens (tertiary/aromatic N) is 4. The minimum absolute atomic E-state index is 0.00836. The average molecular weight is 511 g/mol. The lowest BCUT2D eigenvalue weighted by molar-refractivity contribution is -0.386. The van der Waals surface area contributed by atoms with E-state index >= 15 is 0 Å². The van der Waals surface area contributed by atoms with Crippen molar-refractivity contribution in [2.24, 2.45) is 5.10 Å². The Kier molecular flexibility index (Phi) is 6.27. The number of aryl methyl sites for hydroxylation is 1. The van der Waals surface area contributed by atoms with Crippen LogP contribution < -0.4 is 10.3 Å². The highest BCUT2D eigenvalue weighted by atomic mass is 79.9. The molecule has 0 aliphatic carbocycles. The molecule has 0 aliphatic heterocycles. The summed E-state index contributed by atoms with van der Waals surface area (Å²) in [5.74, 6) is -0.0999. The van der Waals surface area contributed by atoms with Gasteiger partial charge in [-0.3, -0.25) is 14.9 Å². The summed E-state index contributed by atoms with van der Waals surface area (Å²) in [4.78, 5) is 28.2. The van der Waals surface area contributed by atoms with Gasteiger partial charge in [-0.25, -0.2) is 9.37 Å². The highest BCUT2D eigenvalue weighted by molar-refractivity contribution is 9.10. The number of hydrogen-bond donors (Lipinski definition) is 0. The fourth-order valence-corrected chi connectivity index (χ4v) is 3.53. The summed E-state index contributed by atoms with van der Waals surface area (Å²) in [6.07, 6.45) is 1.33. The number of fused-ring (bicyclic) bond motifs is 1. The maximum atomic E-state index is 13.8. The van der Waals surface area contributed by atoms with Gasteiger partial charge in [-0.2, -0.15) is 9.78 Å². The van der Waals surface area contributed by atoms with Gasteiger partial charge in [-0.1, -0.05) is 34.1 Å². The number of nitro benzene ring substituents is 1. The number of benzene rings is 3. The quantitative estimate of drug-likeness (QED) is 0.207. The van der Waals surface area contributed by atoms with Crippen molar-refractivity contribution in [3.63, 3.8) is 0 Å². The van der Waals surface area contributed by atoms with Crippen molar-refractivity contribution in [3.8, 4) is 5.75 Å². The van der Waals surface area contributed by atoms with Gasteiger partial charge in [0.15, 0.2) is 5.75 Å². The molecule has 1 heterocycles. The lowest BCUT2D eigenvalue weighted by Crippen LogP contribution is -2.20. The minimum atomic E-state index is -0.597. The lowest BCUT2D eigenvalue weighted by atomic mass is 10.2. The topological polar surface area (TPSA) is 99.6 Å². The molecule has 0 aliphatic rings. The molecular formula is C23H16BrFN4O4. The zero-order chi connectivity index (χ0) is 23.5. The second kappa shape index (κ2) is 9.29. The van der Waals surface area contributed by atoms with E-state index in [-0.39, 0.29) is 29.2 Å². The molecule has 0 saturated carbocycles. The van der Waals surface area contributed by atoms with Crippen LogP contribution in [0.3, 0.4) is 0 Å². The maximum Gasteiger partial charge on any atom is 0.311 e. The van der Waals surface area contributed by atoms with E-state index in [1.807, 2.05) is 0 Å². The van der Waals surface area contributed by atoms with E-state index in [0.29, 0.717) is 22.3 Å². The summed E-state index contributed by atoms with van der Waals surface area (Å²) in [5, 5.41) is 16.1. The van der Waals surface area contributed by atoms with Crippen LogP contribution in [0.2, 0.25) is 0 Å². The van der Waals surface area contributed by atoms with Crippen LogP contribution in [-0.2, 0) is 6.61 Å². The van der Waals surface area contributed by atoms with Crippen LogP contribution in [0.1, 0.15) is 17.0 Å². The summed E-state index contributed by atoms with van der Waals surface area (Å²) in [6.45, 7) is 1.48. The fraction of sp³-hybridized carbons (Fsp3) is 0.0870. The van der Waals surface area contributed by atoms with E-state index in [9.17, 15) is 19.3 Å². The number of ether oxygens (including phenoxy) is 1. The second-order valence-electron chi connectivity index (χ2n) is 7.05. The van der Waals surface area contributed by atoms with Crippen LogP contribution in [0.25, 0.3) is 10.9 Å². The Labute approximate surface area is 195 Å². The molecule has 4 aromatic rings. The largest absolute Gasteiger partial charge is 0.482 e. The van der Waals surface area contributed by atoms with E-state index < -0.39 is 10.7 Å². The van der Waals surface area contributed by atoms with Crippen LogP contribution in [0.5, 0.6) is 5.75 Å². The second-order valence-corrected chi connectivity index (χ2v) is 7.96. The maximum absolute atomic E-state index is 13.8. The molecule has 4 rings (SSSR count). The Hall–Kier alpha value is -3.92. The summed E-state index contributed by atoms with van der Waals surface area (Å²) in [5.41, 5.74) is 0.525. The standard InChI is InChI=1S/C23H16BrFN4O4/c1-14-27-20-8-7-17(24)11-18(20)23(30)28(14)26-12-15-6-9-22(21(10-15)29(31)32)33-13-16-4-2-3-5-19(16)25/h2-12H,13H2,1H3. The minimum Gasteiger partial charge on any atom is -0.482 e. The first-order chi connectivity index (χ1) is 15.8. The van der Waals surface area contributed by atoms with Crippen molar-refractivity contribution >= 4 is 38.7 Å². The van der Waals surface area contributed by atoms with Crippen molar-refractivity contribution in [3.05, 3.63) is 108 Å². The summed E-state index contributed by atoms with van der Waals surface area (Å²) < 4.78 is 21.1. The molecule has 0 N–H and O–H groups in total. The van der Waals surface area contributed by atoms with Gasteiger partial charge in [0.25, 0.3) is 5.56 Å². The molecule has 33 heavy (non-hydrogen) atoms. The van der Waals surface area contributed by atoms with Gasteiger partial charge in [-0.15, -0.1) is 0 Å². The van der Waals surface area contributed by atoms with Gasteiger partial charge in [0.1, 0.15) is 18.2 Å². The van der Waals surface area contributed by atoms with E-state index in [1.54, 1.807) is 49.4 Å². The van der Waals surface area contributed by atoms with E-state index in [2.05, 4.69) is 26.0 Å². The van der Waals surface area contributed by atoms with Crippen LogP contribution in [0, 0.1) is 22.9 Å². The molecule has 0 spiro atoms. The normalized spacial score (nSPS) is 11.2. The lowest BCUT2D eigenvalue weighted by Gasteiger charge is -2.08. The molecule has 166 valence electrons. The molecule has 8 nitrogen and oxygen atoms in total. The first kappa shape index (κ1) is 22.3. The van der Waals surface area contributed by atoms with Crippen molar-refractivity contribution in [1.29, 1.82) is 0 Å². The molecular weight excluding hydrogens is 495 g/mol. The third-order valence-corrected chi connectivity index (χ3v) is 5.31. The molecule has 0 radical (unpaired) electrons. The summed E-state index contributed by atoms with van der Waals surface area (Å²) in [6, 6.07) is 15.4. The predicted octanol–water partition coefficient (Wildman–Crippen LogP) is 4.98. The molecule has 0 fully saturated rings. The highest BCUT2D eigenvalue weighted by Gasteiger charge is 2.17. The smallest absolute Gasteiger partial charge is 0.311 e. The zero-order valence-corrected chi connectivity index (χ0v) is 18.8. The summed E-state index contributed by atoms with van der Waals surface area (Å²) >= 11 is 3.33. The Morgan fingerprint density at radius 2 is 2.00 bits per heavy atom. The van der Waals surface area contributed by atoms with Crippen LogP contribution >= 0.6 is 15.9 Å². The van der Waals surface area contributed by atoms with E-state index in [0.717, 1.165) is 9.15 Å². The van der Waals surface area contributed by atoms with Crippen LogP contribution in [0.15, 0.2) is 75.0 Å². The highest BCUT2D eigenvalue weighted by Crippen LogP contribution is 2.28. The molecule has 0 bridgehead atoms. The Morgan fingerprint density at radius 1 is 1.21 bits per heavy atom. The molecule has 3 aromatic carbocycles. The number of aromatic nitrogens is 2. The van der Waals surface area contributed by atoms with Gasteiger partial charge in [0.05, 0.1) is 22.0 Å². The van der Waals surface area contributed by atoms with Gasteiger partial charge in [0, 0.05) is 21.7 Å². The molecule has 10 heteroatoms. The van der Waals surface area contributed by atoms with Crippen LogP contribution in [-0.4, -0.2) is 20.8 Å². The van der Waals surface area contributed by atoms with Gasteiger partial charge in [0.2, 0.25) is 0 Å². The SMILES string of the molecule is Cc1nc2ccc(Br)cc2c(=O)n1N=Cc1ccc(OCc2ccccc2F)c([N+](=O)[O-])c1. The van der Waals surface area contributed by atoms with E-state index in [1.165, 1.54) is 24.4 Å². The number of nitro groups is 1. The average Bonchev–Trinajstić information content (AvgIpc) is 2.79. The van der Waals surface area contributed by atoms with Crippen molar-refractivity contribution in [2.75, 3.05) is 0 Å². The van der Waals surface area contributed by atoms with Crippen LogP contribution in [0.4, 0.5) is 10.1 Å². The molecule has 0 atom stereocenters. The third-order valence-electron chi connectivity index (χ3n) is 4.81. The van der Waals surface area contributed by atoms with Gasteiger partial charge in [-0.05, 0) is 43.3 Å². The Morgan fingerprint density at radius 3 is 2.76 bits per heavy atom. The van der Waals surface area contributed by atoms with Gasteiger partial charge >= 0.3 is 5.69 Å². The van der Waals surface area contributed by atoms with Crippen molar-refractivity contribution in [2.45, 2.75) is 13.5 Å². The summed E-state index contributed by atoms with van der Waals surface area (Å²) in [7, 11) is 0. The molecule has 0 saturated heterocycles. The third kappa shape index (κ3) is 4.80. The predicted molar refractivity (Wildman–Crippen MR) is 125 cm³/mol. The first-order valence-corrected chi connectivity index (χ1v) is 10.5. The van der Waals surface area contributed by atoms with Gasteiger partial charge < -0.3 is 4.74 Å². The molecule has 0 amide bonds. The fourth-order valence-electron chi connectivity index (χ4n) is 3.17. The number of rotatable bonds is 6. The Balaban J connectivity index is 1.64. The zero-order valence-electron chi connectivity index (χ0n) is 17.2. The molecule has 0 unspecified atom stereocenters. The monoisotopic (exact) mass is 510 g/mol.